The van der Waals surface area contributed by atoms with Gasteiger partial charge >= 0.3 is 0 Å². The first-order valence-corrected chi connectivity index (χ1v) is 11.8. The van der Waals surface area contributed by atoms with Gasteiger partial charge in [0.25, 0.3) is 0 Å². The summed E-state index contributed by atoms with van der Waals surface area (Å²) >= 11 is 0. The number of hydrogen-bond acceptors (Lipinski definition) is 7. The Morgan fingerprint density at radius 2 is 1.87 bits per heavy atom. The first kappa shape index (κ1) is 22.0. The van der Waals surface area contributed by atoms with Crippen LogP contribution in [0.25, 0.3) is 0 Å². The molecule has 3 aliphatic rings. The fourth-order valence-corrected chi connectivity index (χ4v) is 4.71. The Morgan fingerprint density at radius 1 is 1.06 bits per heavy atom. The van der Waals surface area contributed by atoms with Gasteiger partial charge in [-0.15, -0.1) is 0 Å². The Morgan fingerprint density at radius 3 is 2.58 bits per heavy atom. The number of carbonyl (C=O) groups is 1. The fourth-order valence-electron chi connectivity index (χ4n) is 4.71. The van der Waals surface area contributed by atoms with E-state index >= 15 is 0 Å². The van der Waals surface area contributed by atoms with Gasteiger partial charge in [0, 0.05) is 63.3 Å². The lowest BCUT2D eigenvalue weighted by Gasteiger charge is -2.43. The van der Waals surface area contributed by atoms with Crippen molar-refractivity contribution in [2.24, 2.45) is 5.90 Å². The lowest BCUT2D eigenvalue weighted by molar-refractivity contribution is -0.126. The monoisotopic (exact) mass is 428 g/mol. The third-order valence-electron chi connectivity index (χ3n) is 6.95. The molecule has 0 radical (unpaired) electrons. The van der Waals surface area contributed by atoms with Gasteiger partial charge in [-0.3, -0.25) is 9.69 Å². The number of hydrogen-bond donors (Lipinski definition) is 1. The standard InChI is InChI=1S/C23H36N6O2/c1-18(31-24)16-22(30)28-10-4-2-3-8-21-19(9-11-28)17-25-23(26-21)29-14-12-27(13-15-29)20-6-5-7-20/h16-17,20H,2-15,24H2,1H3/b18-16+. The molecule has 1 amide bonds. The van der Waals surface area contributed by atoms with Gasteiger partial charge in [0.2, 0.25) is 11.9 Å². The molecule has 0 spiro atoms. The second-order valence-electron chi connectivity index (χ2n) is 9.01. The predicted octanol–water partition coefficient (Wildman–Crippen LogP) is 2.04. The van der Waals surface area contributed by atoms with Gasteiger partial charge in [0.15, 0.2) is 0 Å². The zero-order chi connectivity index (χ0) is 21.6. The van der Waals surface area contributed by atoms with E-state index in [0.717, 1.165) is 88.1 Å². The molecule has 1 saturated heterocycles. The highest BCUT2D eigenvalue weighted by Crippen LogP contribution is 2.26. The van der Waals surface area contributed by atoms with E-state index in [1.165, 1.54) is 25.3 Å². The fraction of sp³-hybridized carbons (Fsp3) is 0.696. The lowest BCUT2D eigenvalue weighted by Crippen LogP contribution is -2.52. The molecule has 170 valence electrons. The van der Waals surface area contributed by atoms with Gasteiger partial charge in [0.05, 0.1) is 0 Å². The van der Waals surface area contributed by atoms with E-state index in [4.69, 9.17) is 15.9 Å². The van der Waals surface area contributed by atoms with Crippen LogP contribution < -0.4 is 10.8 Å². The summed E-state index contributed by atoms with van der Waals surface area (Å²) in [6.45, 7) is 7.34. The summed E-state index contributed by atoms with van der Waals surface area (Å²) in [6, 6.07) is 0.812. The van der Waals surface area contributed by atoms with E-state index in [9.17, 15) is 4.79 Å². The van der Waals surface area contributed by atoms with Crippen molar-refractivity contribution in [3.63, 3.8) is 0 Å². The number of anilines is 1. The van der Waals surface area contributed by atoms with Crippen molar-refractivity contribution in [1.29, 1.82) is 0 Å². The molecule has 1 saturated carbocycles. The van der Waals surface area contributed by atoms with Crippen LogP contribution in [0.4, 0.5) is 5.95 Å². The number of piperazine rings is 1. The molecule has 2 N–H and O–H groups in total. The average molecular weight is 429 g/mol. The van der Waals surface area contributed by atoms with Crippen LogP contribution in [0, 0.1) is 0 Å². The number of amides is 1. The third-order valence-corrected chi connectivity index (χ3v) is 6.95. The zero-order valence-electron chi connectivity index (χ0n) is 18.8. The molecule has 0 unspecified atom stereocenters. The molecule has 31 heavy (non-hydrogen) atoms. The van der Waals surface area contributed by atoms with E-state index in [0.29, 0.717) is 12.3 Å². The number of carbonyl (C=O) groups excluding carboxylic acids is 1. The Labute approximate surface area is 185 Å². The van der Waals surface area contributed by atoms with E-state index < -0.39 is 0 Å². The minimum atomic E-state index is -0.0491. The smallest absolute Gasteiger partial charge is 0.250 e. The lowest BCUT2D eigenvalue weighted by atomic mass is 9.91. The molecule has 1 aliphatic carbocycles. The van der Waals surface area contributed by atoms with Crippen LogP contribution in [0.5, 0.6) is 0 Å². The zero-order valence-corrected chi connectivity index (χ0v) is 18.8. The van der Waals surface area contributed by atoms with Gasteiger partial charge in [-0.25, -0.2) is 9.97 Å². The highest BCUT2D eigenvalue weighted by Gasteiger charge is 2.28. The van der Waals surface area contributed by atoms with Gasteiger partial charge < -0.3 is 14.6 Å². The maximum atomic E-state index is 12.6. The van der Waals surface area contributed by atoms with Crippen LogP contribution in [0.2, 0.25) is 0 Å². The first-order valence-electron chi connectivity index (χ1n) is 11.8. The molecule has 4 rings (SSSR count). The summed E-state index contributed by atoms with van der Waals surface area (Å²) < 4.78 is 0. The number of allylic oxidation sites excluding steroid dienone is 1. The molecule has 0 bridgehead atoms. The van der Waals surface area contributed by atoms with E-state index in [1.807, 2.05) is 11.1 Å². The maximum absolute atomic E-state index is 12.6. The largest absolute Gasteiger partial charge is 0.416 e. The minimum absolute atomic E-state index is 0.0491. The number of nitrogens with two attached hydrogens (primary N) is 1. The number of rotatable bonds is 4. The summed E-state index contributed by atoms with van der Waals surface area (Å²) in [5.41, 5.74) is 2.31. The minimum Gasteiger partial charge on any atom is -0.416 e. The molecule has 2 aliphatic heterocycles. The van der Waals surface area contributed by atoms with Crippen LogP contribution in [-0.4, -0.2) is 71.0 Å². The Balaban J connectivity index is 1.41. The van der Waals surface area contributed by atoms with Crippen LogP contribution in [-0.2, 0) is 22.5 Å². The molecule has 1 aromatic heterocycles. The molecule has 8 nitrogen and oxygen atoms in total. The summed E-state index contributed by atoms with van der Waals surface area (Å²) in [5, 5.41) is 0. The summed E-state index contributed by atoms with van der Waals surface area (Å²) in [4.78, 5) is 33.8. The Hall–Kier alpha value is -2.19. The van der Waals surface area contributed by atoms with Crippen LogP contribution in [0.15, 0.2) is 18.0 Å². The Bertz CT molecular complexity index is 786. The van der Waals surface area contributed by atoms with Crippen molar-refractivity contribution in [1.82, 2.24) is 19.8 Å². The van der Waals surface area contributed by atoms with Crippen LogP contribution >= 0.6 is 0 Å². The van der Waals surface area contributed by atoms with Gasteiger partial charge in [-0.1, -0.05) is 12.8 Å². The van der Waals surface area contributed by atoms with E-state index in [1.54, 1.807) is 6.92 Å². The summed E-state index contributed by atoms with van der Waals surface area (Å²) in [5.74, 6) is 6.41. The highest BCUT2D eigenvalue weighted by atomic mass is 16.6. The Kier molecular flexibility index (Phi) is 7.40. The normalized spacial score (nSPS) is 21.9. The van der Waals surface area contributed by atoms with Crippen molar-refractivity contribution in [3.05, 3.63) is 29.3 Å². The second kappa shape index (κ2) is 10.4. The molecule has 0 atom stereocenters. The number of aromatic nitrogens is 2. The van der Waals surface area contributed by atoms with Gasteiger partial charge in [0.1, 0.15) is 5.76 Å². The summed E-state index contributed by atoms with van der Waals surface area (Å²) in [7, 11) is 0. The van der Waals surface area contributed by atoms with Crippen LogP contribution in [0.3, 0.4) is 0 Å². The number of fused-ring (bicyclic) bond motifs is 1. The molecule has 3 heterocycles. The van der Waals surface area contributed by atoms with Gasteiger partial charge in [-0.05, 0) is 51.0 Å². The summed E-state index contributed by atoms with van der Waals surface area (Å²) in [6.07, 6.45) is 12.5. The molecule has 0 aromatic carbocycles. The molecule has 2 fully saturated rings. The van der Waals surface area contributed by atoms with Crippen molar-refractivity contribution >= 4 is 11.9 Å². The number of aryl methyl sites for hydroxylation is 1. The van der Waals surface area contributed by atoms with Crippen LogP contribution in [0.1, 0.15) is 56.7 Å². The third kappa shape index (κ3) is 5.54. The highest BCUT2D eigenvalue weighted by molar-refractivity contribution is 5.88. The second-order valence-corrected chi connectivity index (χ2v) is 9.01. The molecule has 8 heteroatoms. The predicted molar refractivity (Wildman–Crippen MR) is 120 cm³/mol. The average Bonchev–Trinajstić information content (AvgIpc) is 2.75. The molecule has 1 aromatic rings. The molecular weight excluding hydrogens is 392 g/mol. The van der Waals surface area contributed by atoms with Crippen molar-refractivity contribution in [2.45, 2.75) is 64.3 Å². The van der Waals surface area contributed by atoms with E-state index in [2.05, 4.69) is 14.6 Å². The van der Waals surface area contributed by atoms with Crippen molar-refractivity contribution in [2.75, 3.05) is 44.2 Å². The maximum Gasteiger partial charge on any atom is 0.250 e. The quantitative estimate of drug-likeness (QED) is 0.446. The van der Waals surface area contributed by atoms with Crippen molar-refractivity contribution < 1.29 is 9.63 Å². The van der Waals surface area contributed by atoms with Gasteiger partial charge in [-0.2, -0.15) is 5.90 Å². The SMILES string of the molecule is C/C(=C\C(=O)N1CCCCCc2nc(N3CCN(C4CCC4)CC3)ncc2CC1)ON. The first-order chi connectivity index (χ1) is 15.1. The molecular formula is C23H36N6O2. The van der Waals surface area contributed by atoms with E-state index in [-0.39, 0.29) is 5.91 Å². The topological polar surface area (TPSA) is 87.8 Å². The van der Waals surface area contributed by atoms with Crippen molar-refractivity contribution in [3.8, 4) is 0 Å². The number of nitrogens with zero attached hydrogens (tertiary/aromatic N) is 5.